The van der Waals surface area contributed by atoms with E-state index in [1.165, 1.54) is 45.2 Å². The Labute approximate surface area is 106 Å². The Balaban J connectivity index is 0.000000202. The van der Waals surface area contributed by atoms with Crippen molar-refractivity contribution in [3.8, 4) is 0 Å². The molecule has 2 rings (SSSR count). The van der Waals surface area contributed by atoms with Crippen molar-refractivity contribution in [2.75, 3.05) is 13.1 Å². The van der Waals surface area contributed by atoms with Gasteiger partial charge in [0.25, 0.3) is 0 Å². The van der Waals surface area contributed by atoms with Crippen molar-refractivity contribution in [3.05, 3.63) is 30.6 Å². The molecule has 96 valence electrons. The van der Waals surface area contributed by atoms with E-state index < -0.39 is 0 Å². The van der Waals surface area contributed by atoms with Crippen LogP contribution in [0, 0.1) is 0 Å². The Morgan fingerprint density at radius 3 is 1.88 bits per heavy atom. The van der Waals surface area contributed by atoms with E-state index in [4.69, 9.17) is 0 Å². The summed E-state index contributed by atoms with van der Waals surface area (Å²) < 4.78 is 0. The highest BCUT2D eigenvalue weighted by Crippen LogP contribution is 2.21. The van der Waals surface area contributed by atoms with Crippen LogP contribution in [0.5, 0.6) is 0 Å². The van der Waals surface area contributed by atoms with Crippen LogP contribution >= 0.6 is 0 Å². The van der Waals surface area contributed by atoms with Crippen LogP contribution in [0.3, 0.4) is 0 Å². The number of hydrogen-bond donors (Lipinski definition) is 0. The number of aromatic nitrogens is 1. The molecule has 1 aromatic heterocycles. The molecular formula is C15H26N2. The zero-order valence-corrected chi connectivity index (χ0v) is 11.3. The van der Waals surface area contributed by atoms with Crippen molar-refractivity contribution >= 4 is 0 Å². The lowest BCUT2D eigenvalue weighted by Crippen LogP contribution is -2.36. The molecule has 0 bridgehead atoms. The maximum Gasteiger partial charge on any atom is 0.0267 e. The van der Waals surface area contributed by atoms with Crippen LogP contribution < -0.4 is 0 Å². The lowest BCUT2D eigenvalue weighted by molar-refractivity contribution is 0.172. The van der Waals surface area contributed by atoms with Gasteiger partial charge in [-0.3, -0.25) is 4.98 Å². The van der Waals surface area contributed by atoms with Gasteiger partial charge in [0.2, 0.25) is 0 Å². The first-order chi connectivity index (χ1) is 8.38. The highest BCUT2D eigenvalue weighted by molar-refractivity contribution is 4.88. The van der Waals surface area contributed by atoms with E-state index in [0.29, 0.717) is 0 Å². The Morgan fingerprint density at radius 1 is 0.941 bits per heavy atom. The summed E-state index contributed by atoms with van der Waals surface area (Å²) >= 11 is 0. The maximum atomic E-state index is 3.78. The number of hydrogen-bond acceptors (Lipinski definition) is 2. The molecule has 0 unspecified atom stereocenters. The SMILES string of the molecule is CCN(CC)C1CCCCC1.c1ccncc1. The lowest BCUT2D eigenvalue weighted by Gasteiger charge is -2.32. The molecular weight excluding hydrogens is 208 g/mol. The molecule has 0 spiro atoms. The predicted molar refractivity (Wildman–Crippen MR) is 74.0 cm³/mol. The second-order valence-electron chi connectivity index (χ2n) is 4.54. The minimum atomic E-state index is 0.916. The number of rotatable bonds is 3. The maximum absolute atomic E-state index is 3.78. The molecule has 17 heavy (non-hydrogen) atoms. The normalized spacial score (nSPS) is 16.4. The highest BCUT2D eigenvalue weighted by atomic mass is 15.1. The van der Waals surface area contributed by atoms with Crippen molar-refractivity contribution < 1.29 is 0 Å². The lowest BCUT2D eigenvalue weighted by atomic mass is 9.94. The van der Waals surface area contributed by atoms with Crippen LogP contribution in [0.15, 0.2) is 30.6 Å². The average molecular weight is 234 g/mol. The van der Waals surface area contributed by atoms with E-state index in [-0.39, 0.29) is 0 Å². The van der Waals surface area contributed by atoms with Crippen LogP contribution in [-0.2, 0) is 0 Å². The van der Waals surface area contributed by atoms with Crippen LogP contribution in [-0.4, -0.2) is 29.0 Å². The third-order valence-electron chi connectivity index (χ3n) is 3.47. The van der Waals surface area contributed by atoms with Crippen molar-refractivity contribution in [1.29, 1.82) is 0 Å². The van der Waals surface area contributed by atoms with Gasteiger partial charge in [-0.05, 0) is 38.1 Å². The second kappa shape index (κ2) is 9.17. The van der Waals surface area contributed by atoms with Gasteiger partial charge in [-0.25, -0.2) is 0 Å². The summed E-state index contributed by atoms with van der Waals surface area (Å²) in [5, 5.41) is 0. The minimum absolute atomic E-state index is 0.916. The van der Waals surface area contributed by atoms with Gasteiger partial charge in [0.1, 0.15) is 0 Å². The molecule has 2 nitrogen and oxygen atoms in total. The standard InChI is InChI=1S/C10H21N.C5H5N/c1-3-11(4-2)10-8-6-5-7-9-10;1-2-4-6-5-3-1/h10H,3-9H2,1-2H3;1-5H. The predicted octanol–water partition coefficient (Wildman–Crippen LogP) is 3.74. The third kappa shape index (κ3) is 5.83. The molecule has 1 aliphatic carbocycles. The second-order valence-corrected chi connectivity index (χ2v) is 4.54. The van der Waals surface area contributed by atoms with Gasteiger partial charge in [0, 0.05) is 18.4 Å². The van der Waals surface area contributed by atoms with E-state index in [2.05, 4.69) is 23.7 Å². The van der Waals surface area contributed by atoms with Gasteiger partial charge < -0.3 is 4.90 Å². The summed E-state index contributed by atoms with van der Waals surface area (Å²) in [7, 11) is 0. The number of nitrogens with zero attached hydrogens (tertiary/aromatic N) is 2. The molecule has 0 radical (unpaired) electrons. The summed E-state index contributed by atoms with van der Waals surface area (Å²) in [6.45, 7) is 7.03. The van der Waals surface area contributed by atoms with E-state index in [0.717, 1.165) is 6.04 Å². The van der Waals surface area contributed by atoms with Gasteiger partial charge >= 0.3 is 0 Å². The third-order valence-corrected chi connectivity index (χ3v) is 3.47. The van der Waals surface area contributed by atoms with Crippen molar-refractivity contribution in [2.24, 2.45) is 0 Å². The first kappa shape index (κ1) is 14.2. The van der Waals surface area contributed by atoms with Crippen LogP contribution in [0.25, 0.3) is 0 Å². The molecule has 0 amide bonds. The molecule has 0 atom stereocenters. The van der Waals surface area contributed by atoms with Crippen molar-refractivity contribution in [1.82, 2.24) is 9.88 Å². The highest BCUT2D eigenvalue weighted by Gasteiger charge is 2.17. The van der Waals surface area contributed by atoms with Crippen molar-refractivity contribution in [2.45, 2.75) is 52.0 Å². The molecule has 0 aromatic carbocycles. The number of pyridine rings is 1. The summed E-state index contributed by atoms with van der Waals surface area (Å²) in [6, 6.07) is 6.63. The van der Waals surface area contributed by atoms with Gasteiger partial charge in [0.05, 0.1) is 0 Å². The molecule has 0 N–H and O–H groups in total. The van der Waals surface area contributed by atoms with Gasteiger partial charge in [0.15, 0.2) is 0 Å². The first-order valence-electron chi connectivity index (χ1n) is 6.97. The summed E-state index contributed by atoms with van der Waals surface area (Å²) in [6.07, 6.45) is 10.8. The minimum Gasteiger partial charge on any atom is -0.301 e. The largest absolute Gasteiger partial charge is 0.301 e. The molecule has 1 saturated carbocycles. The van der Waals surface area contributed by atoms with Gasteiger partial charge in [-0.15, -0.1) is 0 Å². The molecule has 1 aromatic rings. The molecule has 0 aliphatic heterocycles. The Morgan fingerprint density at radius 2 is 1.53 bits per heavy atom. The average Bonchev–Trinajstić information content (AvgIpc) is 2.44. The molecule has 1 heterocycles. The van der Waals surface area contributed by atoms with E-state index in [9.17, 15) is 0 Å². The monoisotopic (exact) mass is 234 g/mol. The van der Waals surface area contributed by atoms with E-state index in [1.807, 2.05) is 18.2 Å². The molecule has 0 saturated heterocycles. The fourth-order valence-electron chi connectivity index (χ4n) is 2.50. The zero-order valence-electron chi connectivity index (χ0n) is 11.3. The molecule has 1 aliphatic rings. The summed E-state index contributed by atoms with van der Waals surface area (Å²) in [5.41, 5.74) is 0. The Hall–Kier alpha value is -0.890. The van der Waals surface area contributed by atoms with Gasteiger partial charge in [-0.2, -0.15) is 0 Å². The quantitative estimate of drug-likeness (QED) is 0.792. The van der Waals surface area contributed by atoms with E-state index >= 15 is 0 Å². The fraction of sp³-hybridized carbons (Fsp3) is 0.667. The summed E-state index contributed by atoms with van der Waals surface area (Å²) in [5.74, 6) is 0. The topological polar surface area (TPSA) is 16.1 Å². The van der Waals surface area contributed by atoms with Crippen LogP contribution in [0.4, 0.5) is 0 Å². The Bertz CT molecular complexity index is 224. The molecule has 1 fully saturated rings. The van der Waals surface area contributed by atoms with Crippen LogP contribution in [0.2, 0.25) is 0 Å². The van der Waals surface area contributed by atoms with E-state index in [1.54, 1.807) is 12.4 Å². The van der Waals surface area contributed by atoms with Crippen molar-refractivity contribution in [3.63, 3.8) is 0 Å². The Kier molecular flexibility index (Phi) is 7.65. The summed E-state index contributed by atoms with van der Waals surface area (Å²) in [4.78, 5) is 6.40. The molecule has 2 heteroatoms. The zero-order chi connectivity index (χ0) is 12.3. The smallest absolute Gasteiger partial charge is 0.0267 e. The van der Waals surface area contributed by atoms with Gasteiger partial charge in [-0.1, -0.05) is 39.2 Å². The fourth-order valence-corrected chi connectivity index (χ4v) is 2.50. The first-order valence-corrected chi connectivity index (χ1v) is 6.97. The van der Waals surface area contributed by atoms with Crippen LogP contribution in [0.1, 0.15) is 46.0 Å².